The average Bonchev–Trinajstić information content (AvgIpc) is 3.30. The first kappa shape index (κ1) is 29.0. The van der Waals surface area contributed by atoms with Crippen molar-refractivity contribution in [3.05, 3.63) is 80.5 Å². The molecule has 0 radical (unpaired) electrons. The van der Waals surface area contributed by atoms with Crippen molar-refractivity contribution in [1.29, 1.82) is 0 Å². The zero-order valence-corrected chi connectivity index (χ0v) is 25.1. The van der Waals surface area contributed by atoms with E-state index in [-0.39, 0.29) is 17.4 Å². The minimum Gasteiger partial charge on any atom is -0.325 e. The van der Waals surface area contributed by atoms with Gasteiger partial charge in [-0.05, 0) is 82.2 Å². The van der Waals surface area contributed by atoms with Gasteiger partial charge in [-0.1, -0.05) is 49.7 Å². The number of likely N-dealkylation sites (tertiary alicyclic amines) is 1. The average molecular weight is 576 g/mol. The molecule has 0 aliphatic carbocycles. The third-order valence-corrected chi connectivity index (χ3v) is 8.18. The number of likely N-dealkylation sites (N-methyl/N-ethyl adjacent to an activating group) is 1. The van der Waals surface area contributed by atoms with Crippen molar-refractivity contribution in [2.75, 3.05) is 39.0 Å². The molecule has 41 heavy (non-hydrogen) atoms. The summed E-state index contributed by atoms with van der Waals surface area (Å²) < 4.78 is 1.70. The highest BCUT2D eigenvalue weighted by molar-refractivity contribution is 6.32. The van der Waals surface area contributed by atoms with E-state index in [2.05, 4.69) is 27.1 Å². The van der Waals surface area contributed by atoms with E-state index in [9.17, 15) is 9.59 Å². The Labute approximate surface area is 245 Å². The topological polar surface area (TPSA) is 99.1 Å². The highest BCUT2D eigenvalue weighted by Crippen LogP contribution is 2.29. The number of amides is 1. The normalized spacial score (nSPS) is 14.8. The summed E-state index contributed by atoms with van der Waals surface area (Å²) in [6, 6.07) is 13.7. The lowest BCUT2D eigenvalue weighted by Gasteiger charge is -2.34. The van der Waals surface area contributed by atoms with Crippen LogP contribution in [-0.4, -0.2) is 75.2 Å². The summed E-state index contributed by atoms with van der Waals surface area (Å²) in [5.74, 6) is 0.530. The maximum Gasteiger partial charge on any atom is 0.262 e. The molecular weight excluding hydrogens is 538 g/mol. The van der Waals surface area contributed by atoms with Gasteiger partial charge in [-0.2, -0.15) is 5.10 Å². The predicted octanol–water partition coefficient (Wildman–Crippen LogP) is 4.75. The molecule has 0 saturated carbocycles. The summed E-state index contributed by atoms with van der Waals surface area (Å²) in [6.07, 6.45) is 2.57. The van der Waals surface area contributed by atoms with Gasteiger partial charge in [0.2, 0.25) is 5.91 Å². The van der Waals surface area contributed by atoms with Crippen molar-refractivity contribution in [1.82, 2.24) is 29.5 Å². The van der Waals surface area contributed by atoms with Crippen LogP contribution >= 0.6 is 11.6 Å². The number of aryl methyl sites for hydroxylation is 1. The number of carbonyl (C=O) groups excluding carboxylic acids is 1. The molecule has 4 aromatic rings. The van der Waals surface area contributed by atoms with Gasteiger partial charge in [-0.3, -0.25) is 14.5 Å². The lowest BCUT2D eigenvalue weighted by Crippen LogP contribution is -2.44. The van der Waals surface area contributed by atoms with Crippen molar-refractivity contribution < 1.29 is 4.79 Å². The van der Waals surface area contributed by atoms with Crippen LogP contribution in [0.15, 0.2) is 47.3 Å². The number of aromatic nitrogens is 4. The van der Waals surface area contributed by atoms with E-state index in [1.54, 1.807) is 4.68 Å². The third-order valence-electron chi connectivity index (χ3n) is 7.87. The number of aromatic amines is 1. The number of piperidine rings is 1. The number of fused-ring (bicyclic) bond motifs is 1. The summed E-state index contributed by atoms with van der Waals surface area (Å²) in [6.45, 7) is 8.46. The molecule has 1 fully saturated rings. The summed E-state index contributed by atoms with van der Waals surface area (Å²) in [4.78, 5) is 38.3. The Morgan fingerprint density at radius 3 is 2.54 bits per heavy atom. The molecule has 0 unspecified atom stereocenters. The first-order valence-corrected chi connectivity index (χ1v) is 14.5. The molecule has 0 bridgehead atoms. The quantitative estimate of drug-likeness (QED) is 0.315. The second kappa shape index (κ2) is 12.1. The highest BCUT2D eigenvalue weighted by atomic mass is 35.5. The summed E-state index contributed by atoms with van der Waals surface area (Å²) in [5.41, 5.74) is 4.30. The van der Waals surface area contributed by atoms with E-state index in [0.29, 0.717) is 46.6 Å². The van der Waals surface area contributed by atoms with Crippen LogP contribution < -0.4 is 10.9 Å². The standard InChI is InChI=1S/C31H38ClN7O2/c1-19(2)28-27-30(39(36-28)29-20(3)7-6-8-24(29)32)34-25(35-31(27)41)17-21-9-11-22(12-10-21)33-26(40)18-38(5)23-13-15-37(4)16-14-23/h6-12,19,23H,13-18H2,1-5H3,(H,33,40)(H,34,35,41). The smallest absolute Gasteiger partial charge is 0.262 e. The Morgan fingerprint density at radius 2 is 1.88 bits per heavy atom. The summed E-state index contributed by atoms with van der Waals surface area (Å²) in [7, 11) is 4.16. The molecule has 10 heteroatoms. The van der Waals surface area contributed by atoms with Gasteiger partial charge >= 0.3 is 0 Å². The Kier molecular flexibility index (Phi) is 8.58. The number of nitrogens with zero attached hydrogens (tertiary/aromatic N) is 5. The molecule has 1 amide bonds. The van der Waals surface area contributed by atoms with E-state index < -0.39 is 0 Å². The fourth-order valence-electron chi connectivity index (χ4n) is 5.52. The monoisotopic (exact) mass is 575 g/mol. The van der Waals surface area contributed by atoms with Crippen LogP contribution in [-0.2, 0) is 11.2 Å². The minimum absolute atomic E-state index is 0.0280. The Balaban J connectivity index is 1.33. The molecule has 216 valence electrons. The number of hydrogen-bond acceptors (Lipinski definition) is 6. The SMILES string of the molecule is Cc1cccc(Cl)c1-n1nc(C(C)C)c2c(=O)[nH]c(Cc3ccc(NC(=O)CN(C)C4CCN(C)CC4)cc3)nc21. The van der Waals surface area contributed by atoms with Crippen molar-refractivity contribution in [2.24, 2.45) is 0 Å². The Hall–Kier alpha value is -3.53. The van der Waals surface area contributed by atoms with E-state index in [0.717, 1.165) is 48.4 Å². The molecule has 2 N–H and O–H groups in total. The molecule has 3 heterocycles. The van der Waals surface area contributed by atoms with Gasteiger partial charge in [-0.25, -0.2) is 9.67 Å². The number of anilines is 1. The van der Waals surface area contributed by atoms with Crippen molar-refractivity contribution in [3.63, 3.8) is 0 Å². The van der Waals surface area contributed by atoms with Gasteiger partial charge in [0.15, 0.2) is 5.65 Å². The van der Waals surface area contributed by atoms with E-state index in [1.165, 1.54) is 0 Å². The second-order valence-corrected chi connectivity index (χ2v) is 11.8. The number of rotatable bonds is 8. The lowest BCUT2D eigenvalue weighted by atomic mass is 10.0. The fraction of sp³-hybridized carbons (Fsp3) is 0.419. The predicted molar refractivity (Wildman–Crippen MR) is 164 cm³/mol. The number of halogens is 1. The largest absolute Gasteiger partial charge is 0.325 e. The molecular formula is C31H38ClN7O2. The molecule has 1 aliphatic rings. The van der Waals surface area contributed by atoms with Gasteiger partial charge in [0, 0.05) is 18.2 Å². The van der Waals surface area contributed by atoms with Crippen molar-refractivity contribution in [3.8, 4) is 5.69 Å². The molecule has 1 aliphatic heterocycles. The lowest BCUT2D eigenvalue weighted by molar-refractivity contribution is -0.117. The summed E-state index contributed by atoms with van der Waals surface area (Å²) >= 11 is 6.58. The highest BCUT2D eigenvalue weighted by Gasteiger charge is 2.23. The number of benzene rings is 2. The third kappa shape index (κ3) is 6.37. The molecule has 0 atom stereocenters. The van der Waals surface area contributed by atoms with Gasteiger partial charge < -0.3 is 15.2 Å². The number of carbonyl (C=O) groups is 1. The van der Waals surface area contributed by atoms with Gasteiger partial charge in [0.05, 0.1) is 22.9 Å². The van der Waals surface area contributed by atoms with Crippen LogP contribution in [0.5, 0.6) is 0 Å². The Morgan fingerprint density at radius 1 is 1.17 bits per heavy atom. The molecule has 1 saturated heterocycles. The Bertz CT molecular complexity index is 1580. The molecule has 0 spiro atoms. The van der Waals surface area contributed by atoms with Crippen LogP contribution in [0, 0.1) is 6.92 Å². The van der Waals surface area contributed by atoms with Gasteiger partial charge in [0.25, 0.3) is 5.56 Å². The number of hydrogen-bond donors (Lipinski definition) is 2. The van der Waals surface area contributed by atoms with E-state index >= 15 is 0 Å². The molecule has 2 aromatic heterocycles. The van der Waals surface area contributed by atoms with Crippen LogP contribution in [0.3, 0.4) is 0 Å². The van der Waals surface area contributed by atoms with Crippen LogP contribution in [0.2, 0.25) is 5.02 Å². The first-order valence-electron chi connectivity index (χ1n) is 14.2. The first-order chi connectivity index (χ1) is 19.6. The fourth-order valence-corrected chi connectivity index (χ4v) is 5.82. The van der Waals surface area contributed by atoms with Crippen molar-refractivity contribution in [2.45, 2.75) is 52.0 Å². The van der Waals surface area contributed by atoms with Crippen molar-refractivity contribution >= 4 is 34.2 Å². The zero-order valence-electron chi connectivity index (χ0n) is 24.4. The zero-order chi connectivity index (χ0) is 29.3. The van der Waals surface area contributed by atoms with Crippen LogP contribution in [0.1, 0.15) is 55.3 Å². The van der Waals surface area contributed by atoms with E-state index in [4.69, 9.17) is 21.7 Å². The molecule has 9 nitrogen and oxygen atoms in total. The maximum absolute atomic E-state index is 13.3. The second-order valence-electron chi connectivity index (χ2n) is 11.4. The van der Waals surface area contributed by atoms with Crippen LogP contribution in [0.4, 0.5) is 5.69 Å². The van der Waals surface area contributed by atoms with Crippen LogP contribution in [0.25, 0.3) is 16.7 Å². The maximum atomic E-state index is 13.3. The number of nitrogens with one attached hydrogen (secondary N) is 2. The summed E-state index contributed by atoms with van der Waals surface area (Å²) in [5, 5.41) is 8.82. The minimum atomic E-state index is -0.220. The van der Waals surface area contributed by atoms with E-state index in [1.807, 2.05) is 70.3 Å². The molecule has 2 aromatic carbocycles. The molecule has 5 rings (SSSR count). The van der Waals surface area contributed by atoms with Gasteiger partial charge in [0.1, 0.15) is 11.2 Å². The van der Waals surface area contributed by atoms with Gasteiger partial charge in [-0.15, -0.1) is 0 Å². The number of H-pyrrole nitrogens is 1. The number of para-hydroxylation sites is 1.